The highest BCUT2D eigenvalue weighted by atomic mass is 16.5. The summed E-state index contributed by atoms with van der Waals surface area (Å²) in [5, 5.41) is 6.25. The summed E-state index contributed by atoms with van der Waals surface area (Å²) in [6.45, 7) is 6.48. The van der Waals surface area contributed by atoms with E-state index in [4.69, 9.17) is 4.74 Å². The van der Waals surface area contributed by atoms with Crippen LogP contribution in [0.4, 0.5) is 5.69 Å². The number of morpholine rings is 1. The van der Waals surface area contributed by atoms with Gasteiger partial charge in [-0.1, -0.05) is 36.4 Å². The van der Waals surface area contributed by atoms with Crippen LogP contribution < -0.4 is 10.6 Å². The van der Waals surface area contributed by atoms with Crippen molar-refractivity contribution < 1.29 is 9.53 Å². The molecule has 1 aliphatic rings. The molecule has 0 aromatic heterocycles. The number of carbonyl (C=O) groups is 1. The van der Waals surface area contributed by atoms with E-state index in [1.54, 1.807) is 7.05 Å². The first kappa shape index (κ1) is 19.9. The van der Waals surface area contributed by atoms with E-state index in [-0.39, 0.29) is 12.0 Å². The summed E-state index contributed by atoms with van der Waals surface area (Å²) in [5.41, 5.74) is 4.35. The minimum Gasteiger partial charge on any atom is -0.370 e. The van der Waals surface area contributed by atoms with Crippen molar-refractivity contribution >= 4 is 17.6 Å². The van der Waals surface area contributed by atoms with Crippen LogP contribution >= 0.6 is 0 Å². The van der Waals surface area contributed by atoms with Gasteiger partial charge < -0.3 is 20.3 Å². The molecular formula is C22H28N4O2. The van der Waals surface area contributed by atoms with Gasteiger partial charge in [0, 0.05) is 32.7 Å². The molecular weight excluding hydrogens is 352 g/mol. The Morgan fingerprint density at radius 2 is 2.07 bits per heavy atom. The Hall–Kier alpha value is -2.86. The molecule has 6 nitrogen and oxygen atoms in total. The minimum absolute atomic E-state index is 0.0385. The van der Waals surface area contributed by atoms with Gasteiger partial charge in [-0.2, -0.15) is 0 Å². The fourth-order valence-corrected chi connectivity index (χ4v) is 3.45. The molecule has 148 valence electrons. The number of aryl methyl sites for hydroxylation is 1. The second kappa shape index (κ2) is 9.37. The predicted octanol–water partition coefficient (Wildman–Crippen LogP) is 3.10. The van der Waals surface area contributed by atoms with E-state index in [9.17, 15) is 4.79 Å². The minimum atomic E-state index is -0.0727. The van der Waals surface area contributed by atoms with Gasteiger partial charge in [-0.15, -0.1) is 0 Å². The van der Waals surface area contributed by atoms with Crippen LogP contribution in [0.15, 0.2) is 53.5 Å². The van der Waals surface area contributed by atoms with E-state index in [1.807, 2.05) is 24.3 Å². The van der Waals surface area contributed by atoms with Crippen LogP contribution in [-0.2, 0) is 16.1 Å². The molecule has 2 N–H and O–H groups in total. The Labute approximate surface area is 166 Å². The third kappa shape index (κ3) is 5.10. The third-order valence-corrected chi connectivity index (χ3v) is 4.81. The van der Waals surface area contributed by atoms with Gasteiger partial charge >= 0.3 is 0 Å². The zero-order chi connectivity index (χ0) is 19.9. The van der Waals surface area contributed by atoms with Crippen LogP contribution in [-0.4, -0.2) is 43.5 Å². The number of nitrogens with zero attached hydrogens (tertiary/aromatic N) is 2. The lowest BCUT2D eigenvalue weighted by Gasteiger charge is -2.35. The summed E-state index contributed by atoms with van der Waals surface area (Å²) in [7, 11) is 1.80. The van der Waals surface area contributed by atoms with Gasteiger partial charge in [-0.05, 0) is 35.7 Å². The van der Waals surface area contributed by atoms with Crippen LogP contribution in [0.25, 0.3) is 0 Å². The molecule has 0 saturated carbocycles. The Bertz CT molecular complexity index is 850. The predicted molar refractivity (Wildman–Crippen MR) is 112 cm³/mol. The average molecular weight is 380 g/mol. The first-order valence-electron chi connectivity index (χ1n) is 9.56. The fourth-order valence-electron chi connectivity index (χ4n) is 3.45. The monoisotopic (exact) mass is 380 g/mol. The number of benzene rings is 2. The second-order valence-electron chi connectivity index (χ2n) is 6.94. The maximum atomic E-state index is 11.3. The van der Waals surface area contributed by atoms with Crippen LogP contribution in [0.1, 0.15) is 29.7 Å². The van der Waals surface area contributed by atoms with Crippen molar-refractivity contribution in [2.75, 3.05) is 32.1 Å². The fraction of sp³-hybridized carbons (Fsp3) is 0.364. The van der Waals surface area contributed by atoms with E-state index in [0.717, 1.165) is 30.3 Å². The summed E-state index contributed by atoms with van der Waals surface area (Å²) in [6.07, 6.45) is 0.0385. The van der Waals surface area contributed by atoms with Gasteiger partial charge in [0.2, 0.25) is 5.91 Å². The number of hydrogen-bond donors (Lipinski definition) is 2. The molecule has 0 radical (unpaired) electrons. The molecule has 3 rings (SSSR count). The molecule has 2 aromatic rings. The van der Waals surface area contributed by atoms with Gasteiger partial charge in [0.05, 0.1) is 13.2 Å². The molecule has 1 atom stereocenters. The van der Waals surface area contributed by atoms with Crippen molar-refractivity contribution in [1.29, 1.82) is 0 Å². The van der Waals surface area contributed by atoms with Crippen molar-refractivity contribution in [3.63, 3.8) is 0 Å². The molecule has 1 heterocycles. The summed E-state index contributed by atoms with van der Waals surface area (Å²) >= 11 is 0. The molecule has 0 aliphatic carbocycles. The number of rotatable bonds is 4. The maximum Gasteiger partial charge on any atom is 0.221 e. The number of amides is 1. The normalized spacial score (nSPS) is 17.3. The number of anilines is 1. The molecule has 0 spiro atoms. The van der Waals surface area contributed by atoms with Gasteiger partial charge in [0.25, 0.3) is 0 Å². The molecule has 28 heavy (non-hydrogen) atoms. The summed E-state index contributed by atoms with van der Waals surface area (Å²) in [6, 6.07) is 16.2. The lowest BCUT2D eigenvalue weighted by molar-refractivity contribution is -0.114. The maximum absolute atomic E-state index is 11.3. The van der Waals surface area contributed by atoms with Crippen molar-refractivity contribution in [3.05, 3.63) is 65.2 Å². The molecule has 1 unspecified atom stereocenters. The molecule has 0 bridgehead atoms. The largest absolute Gasteiger partial charge is 0.370 e. The number of ether oxygens (including phenoxy) is 1. The first-order chi connectivity index (χ1) is 13.6. The summed E-state index contributed by atoms with van der Waals surface area (Å²) < 4.78 is 6.02. The number of aliphatic imine (C=N–C) groups is 1. The van der Waals surface area contributed by atoms with Gasteiger partial charge in [-0.25, -0.2) is 0 Å². The standard InChI is InChI=1S/C22H28N4O2/c1-16-7-4-5-10-20(16)21-15-26(11-12-28-21)22(23-3)24-14-18-8-6-9-19(13-18)25-17(2)27/h4-10,13,21H,11-12,14-15H2,1-3H3,(H,23,24)(H,25,27). The average Bonchev–Trinajstić information content (AvgIpc) is 2.69. The van der Waals surface area contributed by atoms with Crippen LogP contribution in [0.3, 0.4) is 0 Å². The van der Waals surface area contributed by atoms with E-state index in [1.165, 1.54) is 18.1 Å². The lowest BCUT2D eigenvalue weighted by Crippen LogP contribution is -2.48. The Balaban J connectivity index is 1.64. The first-order valence-corrected chi connectivity index (χ1v) is 9.56. The Kier molecular flexibility index (Phi) is 6.66. The van der Waals surface area contributed by atoms with Gasteiger partial charge in [0.15, 0.2) is 5.96 Å². The smallest absolute Gasteiger partial charge is 0.221 e. The van der Waals surface area contributed by atoms with E-state index in [0.29, 0.717) is 13.2 Å². The van der Waals surface area contributed by atoms with E-state index >= 15 is 0 Å². The third-order valence-electron chi connectivity index (χ3n) is 4.81. The van der Waals surface area contributed by atoms with Gasteiger partial charge in [-0.3, -0.25) is 9.79 Å². The number of guanidine groups is 1. The van der Waals surface area contributed by atoms with E-state index < -0.39 is 0 Å². The van der Waals surface area contributed by atoms with Crippen molar-refractivity contribution in [2.45, 2.75) is 26.5 Å². The molecule has 2 aromatic carbocycles. The topological polar surface area (TPSA) is 66.0 Å². The molecule has 1 amide bonds. The van der Waals surface area contributed by atoms with Crippen molar-refractivity contribution in [3.8, 4) is 0 Å². The SMILES string of the molecule is CN=C(NCc1cccc(NC(C)=O)c1)N1CCOC(c2ccccc2C)C1. The van der Waals surface area contributed by atoms with Crippen molar-refractivity contribution in [1.82, 2.24) is 10.2 Å². The number of nitrogens with one attached hydrogen (secondary N) is 2. The Morgan fingerprint density at radius 3 is 2.82 bits per heavy atom. The lowest BCUT2D eigenvalue weighted by atomic mass is 10.0. The highest BCUT2D eigenvalue weighted by molar-refractivity contribution is 5.88. The highest BCUT2D eigenvalue weighted by Crippen LogP contribution is 2.25. The molecule has 1 saturated heterocycles. The summed E-state index contributed by atoms with van der Waals surface area (Å²) in [4.78, 5) is 17.9. The highest BCUT2D eigenvalue weighted by Gasteiger charge is 2.25. The zero-order valence-corrected chi connectivity index (χ0v) is 16.7. The van der Waals surface area contributed by atoms with Crippen LogP contribution in [0.5, 0.6) is 0 Å². The number of hydrogen-bond acceptors (Lipinski definition) is 3. The Morgan fingerprint density at radius 1 is 1.25 bits per heavy atom. The van der Waals surface area contributed by atoms with E-state index in [2.05, 4.69) is 51.7 Å². The molecule has 1 aliphatic heterocycles. The summed E-state index contributed by atoms with van der Waals surface area (Å²) in [5.74, 6) is 0.781. The van der Waals surface area contributed by atoms with Crippen LogP contribution in [0.2, 0.25) is 0 Å². The quantitative estimate of drug-likeness (QED) is 0.632. The second-order valence-corrected chi connectivity index (χ2v) is 6.94. The zero-order valence-electron chi connectivity index (χ0n) is 16.7. The molecule has 1 fully saturated rings. The van der Waals surface area contributed by atoms with Crippen LogP contribution in [0, 0.1) is 6.92 Å². The molecule has 6 heteroatoms. The van der Waals surface area contributed by atoms with Crippen molar-refractivity contribution in [2.24, 2.45) is 4.99 Å². The van der Waals surface area contributed by atoms with Gasteiger partial charge in [0.1, 0.15) is 6.10 Å². The number of carbonyl (C=O) groups excluding carboxylic acids is 1.